The lowest BCUT2D eigenvalue weighted by atomic mass is 10.00. The molecule has 0 amide bonds. The van der Waals surface area contributed by atoms with Gasteiger partial charge in [0.1, 0.15) is 0 Å². The van der Waals surface area contributed by atoms with Crippen LogP contribution in [0.4, 0.5) is 0 Å². The second kappa shape index (κ2) is 5.49. The zero-order valence-electron chi connectivity index (χ0n) is 10.3. The van der Waals surface area contributed by atoms with Gasteiger partial charge in [-0.05, 0) is 52.4 Å². The van der Waals surface area contributed by atoms with Crippen molar-refractivity contribution >= 4 is 27.5 Å². The van der Waals surface area contributed by atoms with Crippen LogP contribution in [0.15, 0.2) is 22.7 Å². The molecule has 1 aromatic rings. The van der Waals surface area contributed by atoms with Gasteiger partial charge in [-0.1, -0.05) is 17.7 Å². The summed E-state index contributed by atoms with van der Waals surface area (Å²) >= 11 is 9.64. The summed E-state index contributed by atoms with van der Waals surface area (Å²) in [5.74, 6) is 0.844. The van der Waals surface area contributed by atoms with Gasteiger partial charge in [0.05, 0.1) is 5.02 Å². The van der Waals surface area contributed by atoms with E-state index in [9.17, 15) is 0 Å². The average molecular weight is 330 g/mol. The fraction of sp³-hybridized carbons (Fsp3) is 0.571. The van der Waals surface area contributed by atoms with Crippen LogP contribution in [0.3, 0.4) is 0 Å². The van der Waals surface area contributed by atoms with Gasteiger partial charge in [0, 0.05) is 36.7 Å². The monoisotopic (exact) mass is 328 g/mol. The highest BCUT2D eigenvalue weighted by Crippen LogP contribution is 2.45. The van der Waals surface area contributed by atoms with E-state index in [0.29, 0.717) is 6.04 Å². The molecule has 3 rings (SSSR count). The molecule has 2 fully saturated rings. The fourth-order valence-corrected chi connectivity index (χ4v) is 3.36. The molecule has 1 heterocycles. The van der Waals surface area contributed by atoms with Crippen molar-refractivity contribution in [1.29, 1.82) is 0 Å². The standard InChI is InChI=1S/C14H18BrClN2/c15-12-9-11(3-4-13(12)16)14(10-1-2-10)18-7-5-17-6-8-18/h3-4,9-10,14,17H,1-2,5-8H2/t14-/m1/s1. The lowest BCUT2D eigenvalue weighted by Crippen LogP contribution is -2.45. The maximum atomic E-state index is 6.10. The predicted molar refractivity (Wildman–Crippen MR) is 79.1 cm³/mol. The number of piperazine rings is 1. The summed E-state index contributed by atoms with van der Waals surface area (Å²) in [5.41, 5.74) is 1.41. The van der Waals surface area contributed by atoms with Gasteiger partial charge in [0.2, 0.25) is 0 Å². The van der Waals surface area contributed by atoms with Crippen LogP contribution in [0, 0.1) is 5.92 Å². The molecule has 0 radical (unpaired) electrons. The molecule has 0 spiro atoms. The van der Waals surface area contributed by atoms with Gasteiger partial charge in [-0.25, -0.2) is 0 Å². The van der Waals surface area contributed by atoms with Crippen LogP contribution in [0.1, 0.15) is 24.4 Å². The maximum Gasteiger partial charge on any atom is 0.0548 e. The van der Waals surface area contributed by atoms with Crippen molar-refractivity contribution in [2.45, 2.75) is 18.9 Å². The van der Waals surface area contributed by atoms with E-state index in [1.54, 1.807) is 0 Å². The molecule has 1 aliphatic carbocycles. The number of hydrogen-bond acceptors (Lipinski definition) is 2. The molecule has 98 valence electrons. The molecular formula is C14H18BrClN2. The zero-order chi connectivity index (χ0) is 12.5. The molecule has 1 saturated carbocycles. The van der Waals surface area contributed by atoms with Gasteiger partial charge in [-0.15, -0.1) is 0 Å². The Bertz CT molecular complexity index is 428. The maximum absolute atomic E-state index is 6.10. The lowest BCUT2D eigenvalue weighted by molar-refractivity contribution is 0.156. The number of benzene rings is 1. The highest BCUT2D eigenvalue weighted by atomic mass is 79.9. The third-order valence-electron chi connectivity index (χ3n) is 3.90. The number of rotatable bonds is 3. The second-order valence-electron chi connectivity index (χ2n) is 5.24. The normalized spacial score (nSPS) is 23.0. The number of halogens is 2. The number of nitrogens with zero attached hydrogens (tertiary/aromatic N) is 1. The molecule has 4 heteroatoms. The van der Waals surface area contributed by atoms with Crippen LogP contribution in [0.25, 0.3) is 0 Å². The Morgan fingerprint density at radius 3 is 2.61 bits per heavy atom. The van der Waals surface area contributed by atoms with Crippen LogP contribution >= 0.6 is 27.5 Å². The topological polar surface area (TPSA) is 15.3 Å². The first-order valence-electron chi connectivity index (χ1n) is 6.65. The number of nitrogens with one attached hydrogen (secondary N) is 1. The van der Waals surface area contributed by atoms with Crippen LogP contribution in [0.2, 0.25) is 5.02 Å². The number of hydrogen-bond donors (Lipinski definition) is 1. The predicted octanol–water partition coefficient (Wildman–Crippen LogP) is 3.46. The van der Waals surface area contributed by atoms with Crippen molar-refractivity contribution in [2.75, 3.05) is 26.2 Å². The first-order chi connectivity index (χ1) is 8.75. The molecular weight excluding hydrogens is 312 g/mol. The first-order valence-corrected chi connectivity index (χ1v) is 7.82. The van der Waals surface area contributed by atoms with Gasteiger partial charge in [0.25, 0.3) is 0 Å². The second-order valence-corrected chi connectivity index (χ2v) is 6.50. The SMILES string of the molecule is Clc1ccc([C@@H](C2CC2)N2CCNCC2)cc1Br. The molecule has 1 aliphatic heterocycles. The van der Waals surface area contributed by atoms with Crippen molar-refractivity contribution in [3.8, 4) is 0 Å². The van der Waals surface area contributed by atoms with E-state index in [0.717, 1.165) is 41.6 Å². The molecule has 1 saturated heterocycles. The Labute approximate surface area is 122 Å². The summed E-state index contributed by atoms with van der Waals surface area (Å²) in [4.78, 5) is 2.63. The zero-order valence-corrected chi connectivity index (χ0v) is 12.7. The summed E-state index contributed by atoms with van der Waals surface area (Å²) in [6.45, 7) is 4.53. The van der Waals surface area contributed by atoms with E-state index in [1.807, 2.05) is 6.07 Å². The van der Waals surface area contributed by atoms with Crippen molar-refractivity contribution in [3.05, 3.63) is 33.3 Å². The summed E-state index contributed by atoms with van der Waals surface area (Å²) in [5, 5.41) is 4.23. The third-order valence-corrected chi connectivity index (χ3v) is 5.11. The summed E-state index contributed by atoms with van der Waals surface area (Å²) in [6, 6.07) is 6.99. The molecule has 1 aromatic carbocycles. The lowest BCUT2D eigenvalue weighted by Gasteiger charge is -2.35. The van der Waals surface area contributed by atoms with Gasteiger partial charge in [0.15, 0.2) is 0 Å². The van der Waals surface area contributed by atoms with Crippen molar-refractivity contribution in [1.82, 2.24) is 10.2 Å². The van der Waals surface area contributed by atoms with E-state index < -0.39 is 0 Å². The quantitative estimate of drug-likeness (QED) is 0.913. The average Bonchev–Trinajstić information content (AvgIpc) is 3.20. The van der Waals surface area contributed by atoms with Crippen LogP contribution in [-0.4, -0.2) is 31.1 Å². The first kappa shape index (κ1) is 12.9. The molecule has 2 nitrogen and oxygen atoms in total. The summed E-state index contributed by atoms with van der Waals surface area (Å²) in [7, 11) is 0. The van der Waals surface area contributed by atoms with Crippen LogP contribution < -0.4 is 5.32 Å². The summed E-state index contributed by atoms with van der Waals surface area (Å²) in [6.07, 6.45) is 2.74. The third kappa shape index (κ3) is 2.74. The van der Waals surface area contributed by atoms with Gasteiger partial charge in [-0.2, -0.15) is 0 Å². The van der Waals surface area contributed by atoms with E-state index in [1.165, 1.54) is 18.4 Å². The Balaban J connectivity index is 1.85. The van der Waals surface area contributed by atoms with Crippen LogP contribution in [-0.2, 0) is 0 Å². The molecule has 1 atom stereocenters. The van der Waals surface area contributed by atoms with Gasteiger partial charge < -0.3 is 5.32 Å². The highest BCUT2D eigenvalue weighted by Gasteiger charge is 2.36. The van der Waals surface area contributed by atoms with Gasteiger partial charge in [-0.3, -0.25) is 4.90 Å². The van der Waals surface area contributed by atoms with E-state index in [4.69, 9.17) is 11.6 Å². The smallest absolute Gasteiger partial charge is 0.0548 e. The van der Waals surface area contributed by atoms with Crippen LogP contribution in [0.5, 0.6) is 0 Å². The Kier molecular flexibility index (Phi) is 3.94. The Hall–Kier alpha value is -0.0900. The Morgan fingerprint density at radius 2 is 2.00 bits per heavy atom. The molecule has 18 heavy (non-hydrogen) atoms. The molecule has 0 aromatic heterocycles. The van der Waals surface area contributed by atoms with E-state index in [2.05, 4.69) is 38.3 Å². The minimum Gasteiger partial charge on any atom is -0.314 e. The van der Waals surface area contributed by atoms with Crippen molar-refractivity contribution in [3.63, 3.8) is 0 Å². The molecule has 0 unspecified atom stereocenters. The highest BCUT2D eigenvalue weighted by molar-refractivity contribution is 9.10. The van der Waals surface area contributed by atoms with Gasteiger partial charge >= 0.3 is 0 Å². The minimum absolute atomic E-state index is 0.584. The molecule has 0 bridgehead atoms. The van der Waals surface area contributed by atoms with E-state index in [-0.39, 0.29) is 0 Å². The molecule has 1 N–H and O–H groups in total. The van der Waals surface area contributed by atoms with E-state index >= 15 is 0 Å². The van der Waals surface area contributed by atoms with Crippen molar-refractivity contribution in [2.24, 2.45) is 5.92 Å². The fourth-order valence-electron chi connectivity index (χ4n) is 2.85. The summed E-state index contributed by atoms with van der Waals surface area (Å²) < 4.78 is 1.02. The largest absolute Gasteiger partial charge is 0.314 e. The molecule has 2 aliphatic rings. The minimum atomic E-state index is 0.584. The Morgan fingerprint density at radius 1 is 1.28 bits per heavy atom. The van der Waals surface area contributed by atoms with Crippen molar-refractivity contribution < 1.29 is 0 Å².